The van der Waals surface area contributed by atoms with Gasteiger partial charge in [-0.1, -0.05) is 119 Å². The highest BCUT2D eigenvalue weighted by Crippen LogP contribution is 2.42. The molecule has 2 aliphatic rings. The standard InChI is InChI=1S/C38H48N4O7Si/c1-6-38(34(43)44)32-24-41(36(46)47)27(2)22-33(32)40-42(38)29(23-39-35(45)48-25-28-16-10-7-11-17-28)26-49-50(37(3,4)5,30-18-12-8-13-19-30)31-20-14-9-15-21-31/h7-21,27,29,40H,6,22-26H2,1-5H3,(H,39,45)(H,43,44)(H,46,47)/t27?,29-,38+/m0/s1. The quantitative estimate of drug-likeness (QED) is 0.194. The average Bonchev–Trinajstić information content (AvgIpc) is 3.43. The number of aliphatic carboxylic acids is 1. The first kappa shape index (κ1) is 36.6. The van der Waals surface area contributed by atoms with Gasteiger partial charge in [-0.05, 0) is 34.3 Å². The number of hydrogen-bond acceptors (Lipinski definition) is 7. The summed E-state index contributed by atoms with van der Waals surface area (Å²) in [6, 6.07) is 28.5. The predicted molar refractivity (Wildman–Crippen MR) is 193 cm³/mol. The minimum Gasteiger partial charge on any atom is -0.480 e. The van der Waals surface area contributed by atoms with Gasteiger partial charge in [0, 0.05) is 36.8 Å². The van der Waals surface area contributed by atoms with Gasteiger partial charge in [0.2, 0.25) is 0 Å². The maximum atomic E-state index is 13.5. The van der Waals surface area contributed by atoms with E-state index in [0.29, 0.717) is 17.7 Å². The molecular weight excluding hydrogens is 653 g/mol. The molecule has 0 aromatic heterocycles. The molecule has 5 rings (SSSR count). The molecule has 4 N–H and O–H groups in total. The molecule has 11 nitrogen and oxygen atoms in total. The number of carbonyl (C=O) groups is 3. The van der Waals surface area contributed by atoms with Crippen molar-refractivity contribution in [3.8, 4) is 0 Å². The fraction of sp³-hybridized carbons (Fsp3) is 0.395. The monoisotopic (exact) mass is 700 g/mol. The number of hydrogen-bond donors (Lipinski definition) is 4. The number of alkyl carbamates (subject to hydrolysis) is 1. The minimum atomic E-state index is -3.08. The molecule has 12 heteroatoms. The maximum Gasteiger partial charge on any atom is 0.407 e. The molecule has 1 unspecified atom stereocenters. The summed E-state index contributed by atoms with van der Waals surface area (Å²) in [6.07, 6.45) is -1.29. The SMILES string of the molecule is CC[C@]1(C(=O)O)C2=C(CC(C)N(C(=O)O)C2)NN1[C@@H](CNC(=O)OCc1ccccc1)CO[Si](c1ccccc1)(c1ccccc1)C(C)(C)C. The van der Waals surface area contributed by atoms with Gasteiger partial charge >= 0.3 is 18.2 Å². The minimum absolute atomic E-state index is 0.00733. The van der Waals surface area contributed by atoms with Gasteiger partial charge in [0.15, 0.2) is 5.54 Å². The Kier molecular flexibility index (Phi) is 11.0. The van der Waals surface area contributed by atoms with E-state index in [4.69, 9.17) is 9.16 Å². The Morgan fingerprint density at radius 1 is 0.960 bits per heavy atom. The Bertz CT molecular complexity index is 1640. The van der Waals surface area contributed by atoms with Crippen LogP contribution in [0.5, 0.6) is 0 Å². The van der Waals surface area contributed by atoms with Crippen LogP contribution < -0.4 is 21.1 Å². The first-order chi connectivity index (χ1) is 23.8. The molecule has 3 atom stereocenters. The van der Waals surface area contributed by atoms with Gasteiger partial charge in [-0.25, -0.2) is 14.4 Å². The lowest BCUT2D eigenvalue weighted by atomic mass is 9.82. The van der Waals surface area contributed by atoms with Gasteiger partial charge in [0.1, 0.15) is 6.61 Å². The largest absolute Gasteiger partial charge is 0.480 e. The maximum absolute atomic E-state index is 13.5. The third-order valence-electron chi connectivity index (χ3n) is 9.97. The van der Waals surface area contributed by atoms with Crippen LogP contribution in [-0.4, -0.2) is 83.9 Å². The van der Waals surface area contributed by atoms with E-state index in [1.54, 1.807) is 11.9 Å². The fourth-order valence-electron chi connectivity index (χ4n) is 7.44. The summed E-state index contributed by atoms with van der Waals surface area (Å²) in [5.74, 6) is -1.11. The predicted octanol–water partition coefficient (Wildman–Crippen LogP) is 4.94. The molecule has 266 valence electrons. The summed E-state index contributed by atoms with van der Waals surface area (Å²) in [6.45, 7) is 10.1. The highest BCUT2D eigenvalue weighted by atomic mass is 28.4. The van der Waals surface area contributed by atoms with E-state index in [0.717, 1.165) is 15.9 Å². The summed E-state index contributed by atoms with van der Waals surface area (Å²) in [4.78, 5) is 40.1. The number of carboxylic acids is 1. The van der Waals surface area contributed by atoms with Crippen LogP contribution in [0.25, 0.3) is 0 Å². The van der Waals surface area contributed by atoms with Crippen molar-refractivity contribution in [2.45, 2.75) is 76.7 Å². The van der Waals surface area contributed by atoms with Gasteiger partial charge in [-0.3, -0.25) is 0 Å². The number of hydrazine groups is 1. The molecule has 50 heavy (non-hydrogen) atoms. The van der Waals surface area contributed by atoms with Gasteiger partial charge in [-0.15, -0.1) is 0 Å². The molecule has 0 spiro atoms. The molecule has 0 radical (unpaired) electrons. The van der Waals surface area contributed by atoms with E-state index in [1.165, 1.54) is 4.90 Å². The summed E-state index contributed by atoms with van der Waals surface area (Å²) >= 11 is 0. The van der Waals surface area contributed by atoms with E-state index >= 15 is 0 Å². The zero-order chi connectivity index (χ0) is 36.1. The van der Waals surface area contributed by atoms with Gasteiger partial charge in [-0.2, -0.15) is 5.01 Å². The zero-order valence-corrected chi connectivity index (χ0v) is 30.4. The summed E-state index contributed by atoms with van der Waals surface area (Å²) in [5, 5.41) is 27.3. The second-order valence-corrected chi connectivity index (χ2v) is 18.3. The molecule has 3 aromatic rings. The summed E-state index contributed by atoms with van der Waals surface area (Å²) in [5.41, 5.74) is 3.81. The summed E-state index contributed by atoms with van der Waals surface area (Å²) in [7, 11) is -3.08. The van der Waals surface area contributed by atoms with Crippen molar-refractivity contribution in [2.24, 2.45) is 0 Å². The van der Waals surface area contributed by atoms with Crippen LogP contribution in [0, 0.1) is 0 Å². The van der Waals surface area contributed by atoms with Gasteiger partial charge < -0.3 is 35.0 Å². The number of ether oxygens (including phenoxy) is 1. The summed E-state index contributed by atoms with van der Waals surface area (Å²) < 4.78 is 12.8. The Labute approximate surface area is 295 Å². The number of carboxylic acid groups (broad SMARTS) is 2. The lowest BCUT2D eigenvalue weighted by molar-refractivity contribution is -0.152. The molecule has 3 aromatic carbocycles. The van der Waals surface area contributed by atoms with Crippen LogP contribution >= 0.6 is 0 Å². The third kappa shape index (κ3) is 7.00. The van der Waals surface area contributed by atoms with Crippen molar-refractivity contribution in [3.63, 3.8) is 0 Å². The first-order valence-corrected chi connectivity index (χ1v) is 19.0. The second-order valence-electron chi connectivity index (χ2n) is 14.0. The molecule has 2 amide bonds. The van der Waals surface area contributed by atoms with E-state index < -0.39 is 38.1 Å². The highest BCUT2D eigenvalue weighted by Gasteiger charge is 2.57. The van der Waals surface area contributed by atoms with Crippen molar-refractivity contribution in [1.82, 2.24) is 20.7 Å². The Morgan fingerprint density at radius 3 is 2.02 bits per heavy atom. The second kappa shape index (κ2) is 15.1. The van der Waals surface area contributed by atoms with Crippen LogP contribution in [0.1, 0.15) is 53.0 Å². The van der Waals surface area contributed by atoms with E-state index in [1.807, 2.05) is 73.7 Å². The third-order valence-corrected chi connectivity index (χ3v) is 15.0. The smallest absolute Gasteiger partial charge is 0.407 e. The Hall–Kier alpha value is -4.65. The number of benzene rings is 3. The molecule has 0 saturated carbocycles. The van der Waals surface area contributed by atoms with E-state index in [9.17, 15) is 24.6 Å². The van der Waals surface area contributed by atoms with Crippen LogP contribution in [0.15, 0.2) is 102 Å². The van der Waals surface area contributed by atoms with Crippen LogP contribution in [0.4, 0.5) is 9.59 Å². The zero-order valence-electron chi connectivity index (χ0n) is 29.4. The molecule has 2 heterocycles. The van der Waals surface area contributed by atoms with E-state index in [-0.39, 0.29) is 43.8 Å². The first-order valence-electron chi connectivity index (χ1n) is 17.1. The lowest BCUT2D eigenvalue weighted by Gasteiger charge is -2.46. The Balaban J connectivity index is 1.54. The van der Waals surface area contributed by atoms with Gasteiger partial charge in [0.05, 0.1) is 12.6 Å². The molecular formula is C38H48N4O7Si. The molecule has 0 aliphatic carbocycles. The van der Waals surface area contributed by atoms with Gasteiger partial charge in [0.25, 0.3) is 8.32 Å². The lowest BCUT2D eigenvalue weighted by Crippen LogP contribution is -2.69. The number of carbonyl (C=O) groups excluding carboxylic acids is 1. The number of nitrogens with zero attached hydrogens (tertiary/aromatic N) is 2. The molecule has 0 saturated heterocycles. The van der Waals surface area contributed by atoms with Crippen LogP contribution in [0.3, 0.4) is 0 Å². The fourth-order valence-corrected chi connectivity index (χ4v) is 12.0. The average molecular weight is 701 g/mol. The normalized spacial score (nSPS) is 20.1. The van der Waals surface area contributed by atoms with Crippen molar-refractivity contribution >= 4 is 36.8 Å². The number of rotatable bonds is 12. The highest BCUT2D eigenvalue weighted by molar-refractivity contribution is 6.99. The van der Waals surface area contributed by atoms with Crippen molar-refractivity contribution in [2.75, 3.05) is 19.7 Å². The molecule has 0 bridgehead atoms. The number of amides is 2. The Morgan fingerprint density at radius 2 is 1.52 bits per heavy atom. The number of nitrogens with one attached hydrogen (secondary N) is 2. The topological polar surface area (TPSA) is 141 Å². The van der Waals surface area contributed by atoms with Crippen LogP contribution in [-0.2, 0) is 20.6 Å². The van der Waals surface area contributed by atoms with E-state index in [2.05, 4.69) is 55.8 Å². The van der Waals surface area contributed by atoms with Crippen molar-refractivity contribution < 1.29 is 33.8 Å². The molecule has 2 aliphatic heterocycles. The van der Waals surface area contributed by atoms with Crippen molar-refractivity contribution in [3.05, 3.63) is 108 Å². The van der Waals surface area contributed by atoms with Crippen LogP contribution in [0.2, 0.25) is 5.04 Å². The van der Waals surface area contributed by atoms with Crippen molar-refractivity contribution in [1.29, 1.82) is 0 Å². The molecule has 0 fully saturated rings.